The number of benzene rings is 1. The molecule has 2 rings (SSSR count). The molecule has 1 heterocycles. The van der Waals surface area contributed by atoms with Crippen LogP contribution in [-0.2, 0) is 20.1 Å². The first kappa shape index (κ1) is 10.4. The summed E-state index contributed by atoms with van der Waals surface area (Å²) in [7, 11) is 1.53. The molecule has 0 spiro atoms. The maximum absolute atomic E-state index is 9.51. The quantitative estimate of drug-likeness (QED) is 0.770. The second-order valence-electron chi connectivity index (χ2n) is 3.38. The van der Waals surface area contributed by atoms with Gasteiger partial charge in [-0.25, -0.2) is 4.84 Å². The summed E-state index contributed by atoms with van der Waals surface area (Å²) in [6.45, 7) is 1.82. The van der Waals surface area contributed by atoms with Gasteiger partial charge in [0, 0.05) is 12.7 Å². The van der Waals surface area contributed by atoms with Gasteiger partial charge in [-0.05, 0) is 13.0 Å². The Hall–Kier alpha value is -1.14. The van der Waals surface area contributed by atoms with Crippen LogP contribution in [0.15, 0.2) is 24.3 Å². The van der Waals surface area contributed by atoms with Crippen LogP contribution in [0.3, 0.4) is 0 Å². The lowest BCUT2D eigenvalue weighted by Crippen LogP contribution is -2.30. The fourth-order valence-electron chi connectivity index (χ4n) is 1.56. The molecular formula is C10H13NO4. The van der Waals surface area contributed by atoms with Gasteiger partial charge in [-0.1, -0.05) is 18.2 Å². The SMILES string of the molecule is COCOC1(C)ON(O)c2ccccc21. The van der Waals surface area contributed by atoms with Gasteiger partial charge in [0.25, 0.3) is 0 Å². The van der Waals surface area contributed by atoms with E-state index in [2.05, 4.69) is 0 Å². The lowest BCUT2D eigenvalue weighted by atomic mass is 10.1. The minimum atomic E-state index is -0.999. The summed E-state index contributed by atoms with van der Waals surface area (Å²) in [5.74, 6) is -0.999. The molecule has 0 radical (unpaired) electrons. The van der Waals surface area contributed by atoms with Crippen LogP contribution >= 0.6 is 0 Å². The molecule has 0 saturated heterocycles. The Bertz CT molecular complexity index is 357. The van der Waals surface area contributed by atoms with Crippen molar-refractivity contribution >= 4 is 5.69 Å². The van der Waals surface area contributed by atoms with Crippen molar-refractivity contribution in [1.82, 2.24) is 0 Å². The number of nitrogens with zero attached hydrogens (tertiary/aromatic N) is 1. The summed E-state index contributed by atoms with van der Waals surface area (Å²) in [4.78, 5) is 5.21. The fourth-order valence-corrected chi connectivity index (χ4v) is 1.56. The van der Waals surface area contributed by atoms with Gasteiger partial charge in [0.15, 0.2) is 0 Å². The summed E-state index contributed by atoms with van der Waals surface area (Å²) >= 11 is 0. The van der Waals surface area contributed by atoms with Crippen molar-refractivity contribution in [3.05, 3.63) is 29.8 Å². The van der Waals surface area contributed by atoms with Gasteiger partial charge in [-0.15, -0.1) is 5.23 Å². The predicted octanol–water partition coefficient (Wildman–Crippen LogP) is 1.62. The topological polar surface area (TPSA) is 51.2 Å². The Morgan fingerprint density at radius 1 is 1.47 bits per heavy atom. The van der Waals surface area contributed by atoms with Crippen LogP contribution in [0.25, 0.3) is 0 Å². The van der Waals surface area contributed by atoms with Gasteiger partial charge >= 0.3 is 0 Å². The average molecular weight is 211 g/mol. The summed E-state index contributed by atoms with van der Waals surface area (Å²) in [6, 6.07) is 7.25. The van der Waals surface area contributed by atoms with E-state index in [0.717, 1.165) is 5.56 Å². The van der Waals surface area contributed by atoms with E-state index in [1.54, 1.807) is 13.0 Å². The maximum atomic E-state index is 9.51. The van der Waals surface area contributed by atoms with E-state index in [9.17, 15) is 5.21 Å². The maximum Gasteiger partial charge on any atom is 0.224 e. The molecule has 1 N–H and O–H groups in total. The number of para-hydroxylation sites is 1. The number of methoxy groups -OCH3 is 1. The Kier molecular flexibility index (Phi) is 2.62. The van der Waals surface area contributed by atoms with E-state index >= 15 is 0 Å². The zero-order chi connectivity index (χ0) is 10.9. The molecule has 1 aliphatic heterocycles. The minimum absolute atomic E-state index is 0.0959. The van der Waals surface area contributed by atoms with Crippen LogP contribution in [-0.4, -0.2) is 19.1 Å². The Morgan fingerprint density at radius 2 is 2.20 bits per heavy atom. The van der Waals surface area contributed by atoms with Gasteiger partial charge in [0.1, 0.15) is 12.5 Å². The fraction of sp³-hybridized carbons (Fsp3) is 0.400. The third kappa shape index (κ3) is 1.70. The molecule has 0 fully saturated rings. The van der Waals surface area contributed by atoms with Gasteiger partial charge in [0.2, 0.25) is 5.79 Å². The number of anilines is 1. The molecule has 5 nitrogen and oxygen atoms in total. The smallest absolute Gasteiger partial charge is 0.224 e. The standard InChI is InChI=1S/C10H13NO4/c1-10(14-7-13-2)8-5-3-4-6-9(8)11(12)15-10/h3-6,12H,7H2,1-2H3. The second kappa shape index (κ2) is 3.79. The molecule has 1 aromatic rings. The van der Waals surface area contributed by atoms with Gasteiger partial charge in [-0.2, -0.15) is 0 Å². The molecule has 82 valence electrons. The molecule has 1 aliphatic rings. The summed E-state index contributed by atoms with van der Waals surface area (Å²) in [5, 5.41) is 10.2. The lowest BCUT2D eigenvalue weighted by molar-refractivity contribution is -0.286. The van der Waals surface area contributed by atoms with Crippen molar-refractivity contribution in [1.29, 1.82) is 0 Å². The Labute approximate surface area is 87.7 Å². The first-order valence-corrected chi connectivity index (χ1v) is 4.58. The highest BCUT2D eigenvalue weighted by molar-refractivity contribution is 5.54. The van der Waals surface area contributed by atoms with E-state index < -0.39 is 5.79 Å². The molecule has 0 aliphatic carbocycles. The minimum Gasteiger partial charge on any atom is -0.359 e. The largest absolute Gasteiger partial charge is 0.359 e. The van der Waals surface area contributed by atoms with Crippen LogP contribution in [0.4, 0.5) is 5.69 Å². The number of rotatable bonds is 3. The summed E-state index contributed by atoms with van der Waals surface area (Å²) in [6.07, 6.45) is 0. The zero-order valence-corrected chi connectivity index (χ0v) is 8.64. The first-order valence-electron chi connectivity index (χ1n) is 4.58. The van der Waals surface area contributed by atoms with E-state index in [1.807, 2.05) is 18.2 Å². The number of hydrogen-bond donors (Lipinski definition) is 1. The van der Waals surface area contributed by atoms with Crippen LogP contribution in [0.2, 0.25) is 0 Å². The van der Waals surface area contributed by atoms with Crippen molar-refractivity contribution in [2.24, 2.45) is 0 Å². The van der Waals surface area contributed by atoms with Crippen molar-refractivity contribution in [2.75, 3.05) is 19.1 Å². The average Bonchev–Trinajstić information content (AvgIpc) is 2.50. The first-order chi connectivity index (χ1) is 7.17. The normalized spacial score (nSPS) is 24.3. The lowest BCUT2D eigenvalue weighted by Gasteiger charge is -2.23. The monoisotopic (exact) mass is 211 g/mol. The highest BCUT2D eigenvalue weighted by atomic mass is 16.9. The molecule has 0 saturated carbocycles. The molecule has 15 heavy (non-hydrogen) atoms. The van der Waals surface area contributed by atoms with Crippen molar-refractivity contribution in [2.45, 2.75) is 12.7 Å². The van der Waals surface area contributed by atoms with Crippen LogP contribution < -0.4 is 5.23 Å². The number of ether oxygens (including phenoxy) is 2. The molecule has 0 amide bonds. The van der Waals surface area contributed by atoms with E-state index in [1.165, 1.54) is 7.11 Å². The highest BCUT2D eigenvalue weighted by Crippen LogP contribution is 2.41. The highest BCUT2D eigenvalue weighted by Gasteiger charge is 2.41. The van der Waals surface area contributed by atoms with Crippen LogP contribution in [0, 0.1) is 0 Å². The third-order valence-corrected chi connectivity index (χ3v) is 2.31. The molecular weight excluding hydrogens is 198 g/mol. The predicted molar refractivity (Wildman–Crippen MR) is 52.1 cm³/mol. The van der Waals surface area contributed by atoms with Crippen molar-refractivity contribution in [3.63, 3.8) is 0 Å². The molecule has 1 aromatic carbocycles. The van der Waals surface area contributed by atoms with Gasteiger partial charge in [-0.3, -0.25) is 5.21 Å². The molecule has 5 heteroatoms. The molecule has 0 bridgehead atoms. The Balaban J connectivity index is 2.30. The van der Waals surface area contributed by atoms with Crippen LogP contribution in [0.5, 0.6) is 0 Å². The van der Waals surface area contributed by atoms with Gasteiger partial charge < -0.3 is 9.47 Å². The van der Waals surface area contributed by atoms with E-state index in [0.29, 0.717) is 10.9 Å². The van der Waals surface area contributed by atoms with Crippen molar-refractivity contribution < 1.29 is 19.5 Å². The second-order valence-corrected chi connectivity index (χ2v) is 3.38. The van der Waals surface area contributed by atoms with E-state index in [-0.39, 0.29) is 6.79 Å². The molecule has 0 aromatic heterocycles. The summed E-state index contributed by atoms with van der Waals surface area (Å²) in [5.41, 5.74) is 1.35. The van der Waals surface area contributed by atoms with Gasteiger partial charge in [0.05, 0.1) is 0 Å². The van der Waals surface area contributed by atoms with Crippen molar-refractivity contribution in [3.8, 4) is 0 Å². The Morgan fingerprint density at radius 3 is 2.93 bits per heavy atom. The van der Waals surface area contributed by atoms with Crippen LogP contribution in [0.1, 0.15) is 12.5 Å². The molecule has 1 unspecified atom stereocenters. The number of fused-ring (bicyclic) bond motifs is 1. The molecule has 1 atom stereocenters. The number of hydrogen-bond acceptors (Lipinski definition) is 5. The summed E-state index contributed by atoms with van der Waals surface area (Å²) < 4.78 is 10.2. The third-order valence-electron chi connectivity index (χ3n) is 2.31. The zero-order valence-electron chi connectivity index (χ0n) is 8.64. The van der Waals surface area contributed by atoms with E-state index in [4.69, 9.17) is 14.3 Å².